The fourth-order valence-electron chi connectivity index (χ4n) is 3.33. The predicted molar refractivity (Wildman–Crippen MR) is 104 cm³/mol. The van der Waals surface area contributed by atoms with Crippen LogP contribution in [0.3, 0.4) is 0 Å². The van der Waals surface area contributed by atoms with E-state index >= 15 is 0 Å². The number of pyridine rings is 1. The van der Waals surface area contributed by atoms with Gasteiger partial charge in [0.25, 0.3) is 0 Å². The number of amides is 3. The zero-order chi connectivity index (χ0) is 19.8. The topological polar surface area (TPSA) is 91.4 Å². The third kappa shape index (κ3) is 7.00. The summed E-state index contributed by atoms with van der Waals surface area (Å²) in [5, 5.41) is 5.55. The fraction of sp³-hybridized carbons (Fsp3) is 0.600. The first kappa shape index (κ1) is 20.9. The van der Waals surface area contributed by atoms with Crippen LogP contribution in [-0.2, 0) is 14.4 Å². The van der Waals surface area contributed by atoms with Gasteiger partial charge in [0.05, 0.1) is 6.54 Å². The Morgan fingerprint density at radius 1 is 1.19 bits per heavy atom. The van der Waals surface area contributed by atoms with E-state index < -0.39 is 0 Å². The van der Waals surface area contributed by atoms with E-state index in [1.54, 1.807) is 17.2 Å². The van der Waals surface area contributed by atoms with E-state index in [4.69, 9.17) is 0 Å². The lowest BCUT2D eigenvalue weighted by Crippen LogP contribution is -2.46. The highest BCUT2D eigenvalue weighted by Gasteiger charge is 2.28. The summed E-state index contributed by atoms with van der Waals surface area (Å²) in [5.74, 6) is -0.0670. The number of rotatable bonds is 8. The smallest absolute Gasteiger partial charge is 0.239 e. The zero-order valence-electron chi connectivity index (χ0n) is 16.5. The van der Waals surface area contributed by atoms with Crippen molar-refractivity contribution in [1.82, 2.24) is 15.2 Å². The highest BCUT2D eigenvalue weighted by Crippen LogP contribution is 2.24. The first-order valence-electron chi connectivity index (χ1n) is 9.66. The van der Waals surface area contributed by atoms with Crippen molar-refractivity contribution < 1.29 is 14.4 Å². The first-order valence-corrected chi connectivity index (χ1v) is 9.66. The van der Waals surface area contributed by atoms with Crippen molar-refractivity contribution in [3.63, 3.8) is 0 Å². The molecule has 3 amide bonds. The van der Waals surface area contributed by atoms with Crippen molar-refractivity contribution in [3.8, 4) is 0 Å². The van der Waals surface area contributed by atoms with Crippen molar-refractivity contribution in [2.24, 2.45) is 0 Å². The predicted octanol–water partition coefficient (Wildman–Crippen LogP) is 2.40. The van der Waals surface area contributed by atoms with Gasteiger partial charge in [-0.25, -0.2) is 4.98 Å². The molecule has 1 aromatic rings. The van der Waals surface area contributed by atoms with Gasteiger partial charge in [-0.15, -0.1) is 0 Å². The van der Waals surface area contributed by atoms with Crippen LogP contribution in [0.25, 0.3) is 0 Å². The molecule has 2 rings (SSSR count). The number of anilines is 1. The second-order valence-electron chi connectivity index (χ2n) is 7.45. The van der Waals surface area contributed by atoms with Crippen molar-refractivity contribution in [3.05, 3.63) is 23.9 Å². The largest absolute Gasteiger partial charge is 0.352 e. The van der Waals surface area contributed by atoms with Gasteiger partial charge >= 0.3 is 0 Å². The standard InChI is InChI=1S/C20H30N4O3/c1-14(2)22-19(26)13-24(16-6-4-5-7-16)20(27)9-8-18(25)23-17-12-15(3)10-11-21-17/h10-12,14,16H,4-9,13H2,1-3H3,(H,22,26)(H,21,23,25). The van der Waals surface area contributed by atoms with E-state index in [2.05, 4.69) is 15.6 Å². The Labute approximate surface area is 160 Å². The number of hydrogen-bond acceptors (Lipinski definition) is 4. The molecule has 0 spiro atoms. The van der Waals surface area contributed by atoms with Crippen LogP contribution in [0.1, 0.15) is 57.9 Å². The van der Waals surface area contributed by atoms with Gasteiger partial charge in [0.1, 0.15) is 5.82 Å². The molecular weight excluding hydrogens is 344 g/mol. The van der Waals surface area contributed by atoms with Crippen LogP contribution >= 0.6 is 0 Å². The summed E-state index contributed by atoms with van der Waals surface area (Å²) >= 11 is 0. The van der Waals surface area contributed by atoms with Crippen molar-refractivity contribution >= 4 is 23.5 Å². The molecule has 0 aromatic carbocycles. The summed E-state index contributed by atoms with van der Waals surface area (Å²) < 4.78 is 0. The maximum Gasteiger partial charge on any atom is 0.239 e. The molecule has 7 heteroatoms. The number of nitrogens with one attached hydrogen (secondary N) is 2. The SMILES string of the molecule is Cc1ccnc(NC(=O)CCC(=O)N(CC(=O)NC(C)C)C2CCCC2)c1. The van der Waals surface area contributed by atoms with Crippen LogP contribution in [0.2, 0.25) is 0 Å². The lowest BCUT2D eigenvalue weighted by atomic mass is 10.1. The normalized spacial score (nSPS) is 14.2. The molecule has 7 nitrogen and oxygen atoms in total. The van der Waals surface area contributed by atoms with Gasteiger partial charge in [0, 0.05) is 31.1 Å². The summed E-state index contributed by atoms with van der Waals surface area (Å²) in [7, 11) is 0. The Morgan fingerprint density at radius 2 is 1.89 bits per heavy atom. The molecule has 1 aliphatic rings. The molecule has 1 aliphatic carbocycles. The number of carbonyl (C=O) groups is 3. The van der Waals surface area contributed by atoms with Crippen LogP contribution in [0.5, 0.6) is 0 Å². The quantitative estimate of drug-likeness (QED) is 0.731. The average molecular weight is 374 g/mol. The Hall–Kier alpha value is -2.44. The third-order valence-corrected chi connectivity index (χ3v) is 4.60. The molecule has 1 fully saturated rings. The minimum atomic E-state index is -0.251. The lowest BCUT2D eigenvalue weighted by Gasteiger charge is -2.29. The molecule has 0 aliphatic heterocycles. The highest BCUT2D eigenvalue weighted by molar-refractivity contribution is 5.93. The van der Waals surface area contributed by atoms with E-state index in [9.17, 15) is 14.4 Å². The monoisotopic (exact) mass is 374 g/mol. The second kappa shape index (κ2) is 10.0. The zero-order valence-corrected chi connectivity index (χ0v) is 16.5. The fourth-order valence-corrected chi connectivity index (χ4v) is 3.33. The van der Waals surface area contributed by atoms with Gasteiger partial charge in [0.2, 0.25) is 17.7 Å². The van der Waals surface area contributed by atoms with Crippen LogP contribution in [0, 0.1) is 6.92 Å². The number of carbonyl (C=O) groups excluding carboxylic acids is 3. The maximum atomic E-state index is 12.7. The molecular formula is C20H30N4O3. The average Bonchev–Trinajstić information content (AvgIpc) is 3.11. The molecule has 0 radical (unpaired) electrons. The molecule has 148 valence electrons. The van der Waals surface area contributed by atoms with E-state index in [-0.39, 0.29) is 49.2 Å². The van der Waals surface area contributed by atoms with Gasteiger partial charge in [0.15, 0.2) is 0 Å². The Balaban J connectivity index is 1.90. The number of aryl methyl sites for hydroxylation is 1. The lowest BCUT2D eigenvalue weighted by molar-refractivity contribution is -0.139. The van der Waals surface area contributed by atoms with E-state index in [1.807, 2.05) is 26.8 Å². The summed E-state index contributed by atoms with van der Waals surface area (Å²) in [5.41, 5.74) is 1.000. The molecule has 2 N–H and O–H groups in total. The Bertz CT molecular complexity index is 669. The van der Waals surface area contributed by atoms with Gasteiger partial charge in [-0.3, -0.25) is 14.4 Å². The molecule has 1 aromatic heterocycles. The Morgan fingerprint density at radius 3 is 2.52 bits per heavy atom. The first-order chi connectivity index (χ1) is 12.8. The van der Waals surface area contributed by atoms with Crippen LogP contribution in [-0.4, -0.2) is 46.2 Å². The van der Waals surface area contributed by atoms with Gasteiger partial charge in [-0.2, -0.15) is 0 Å². The second-order valence-corrected chi connectivity index (χ2v) is 7.45. The molecule has 0 atom stereocenters. The van der Waals surface area contributed by atoms with Crippen molar-refractivity contribution in [1.29, 1.82) is 0 Å². The molecule has 0 bridgehead atoms. The van der Waals surface area contributed by atoms with E-state index in [1.165, 1.54) is 0 Å². The van der Waals surface area contributed by atoms with Crippen molar-refractivity contribution in [2.75, 3.05) is 11.9 Å². The highest BCUT2D eigenvalue weighted by atomic mass is 16.2. The number of hydrogen-bond donors (Lipinski definition) is 2. The molecule has 1 saturated carbocycles. The van der Waals surface area contributed by atoms with Gasteiger partial charge < -0.3 is 15.5 Å². The minimum Gasteiger partial charge on any atom is -0.352 e. The maximum absolute atomic E-state index is 12.7. The minimum absolute atomic E-state index is 0.0330. The molecule has 0 saturated heterocycles. The van der Waals surface area contributed by atoms with Crippen LogP contribution < -0.4 is 10.6 Å². The van der Waals surface area contributed by atoms with Crippen LogP contribution in [0.4, 0.5) is 5.82 Å². The summed E-state index contributed by atoms with van der Waals surface area (Å²) in [6.45, 7) is 5.76. The summed E-state index contributed by atoms with van der Waals surface area (Å²) in [6.07, 6.45) is 5.76. The molecule has 27 heavy (non-hydrogen) atoms. The number of nitrogens with zero attached hydrogens (tertiary/aromatic N) is 2. The van der Waals surface area contributed by atoms with E-state index in [0.717, 1.165) is 31.2 Å². The van der Waals surface area contributed by atoms with Crippen LogP contribution in [0.15, 0.2) is 18.3 Å². The van der Waals surface area contributed by atoms with Gasteiger partial charge in [-0.05, 0) is 51.3 Å². The molecule has 1 heterocycles. The number of aromatic nitrogens is 1. The Kier molecular flexibility index (Phi) is 7.76. The molecule has 0 unspecified atom stereocenters. The summed E-state index contributed by atoms with van der Waals surface area (Å²) in [6, 6.07) is 3.75. The van der Waals surface area contributed by atoms with Gasteiger partial charge in [-0.1, -0.05) is 12.8 Å². The van der Waals surface area contributed by atoms with E-state index in [0.29, 0.717) is 5.82 Å². The van der Waals surface area contributed by atoms with Crippen molar-refractivity contribution in [2.45, 2.75) is 71.4 Å². The third-order valence-electron chi connectivity index (χ3n) is 4.60. The summed E-state index contributed by atoms with van der Waals surface area (Å²) in [4.78, 5) is 42.7.